The first-order chi connectivity index (χ1) is 10.8. The molecular formula is C19H19N3. The van der Waals surface area contributed by atoms with Gasteiger partial charge in [0.25, 0.3) is 0 Å². The molecule has 0 fully saturated rings. The second-order valence-electron chi connectivity index (χ2n) is 5.95. The molecule has 4 rings (SSSR count). The van der Waals surface area contributed by atoms with Gasteiger partial charge in [-0.15, -0.1) is 5.10 Å². The Balaban J connectivity index is 2.10. The van der Waals surface area contributed by atoms with Crippen LogP contribution >= 0.6 is 0 Å². The number of hydrogen-bond donors (Lipinski definition) is 0. The van der Waals surface area contributed by atoms with E-state index in [2.05, 4.69) is 72.7 Å². The molecule has 2 aromatic carbocycles. The molecule has 3 nitrogen and oxygen atoms in total. The molecule has 0 radical (unpaired) electrons. The van der Waals surface area contributed by atoms with Crippen LogP contribution in [-0.2, 0) is 13.0 Å². The minimum absolute atomic E-state index is 0.470. The number of aromatic nitrogens is 3. The summed E-state index contributed by atoms with van der Waals surface area (Å²) in [6.45, 7) is 5.24. The van der Waals surface area contributed by atoms with E-state index < -0.39 is 0 Å². The Hall–Kier alpha value is -2.42. The van der Waals surface area contributed by atoms with Gasteiger partial charge in [0.1, 0.15) is 5.69 Å². The van der Waals surface area contributed by atoms with Crippen LogP contribution < -0.4 is 0 Å². The van der Waals surface area contributed by atoms with E-state index in [4.69, 9.17) is 0 Å². The van der Waals surface area contributed by atoms with Gasteiger partial charge in [-0.25, -0.2) is 4.68 Å². The summed E-state index contributed by atoms with van der Waals surface area (Å²) < 4.78 is 2.01. The Labute approximate surface area is 130 Å². The average molecular weight is 289 g/mol. The van der Waals surface area contributed by atoms with Gasteiger partial charge < -0.3 is 0 Å². The van der Waals surface area contributed by atoms with E-state index in [1.165, 1.54) is 22.3 Å². The summed E-state index contributed by atoms with van der Waals surface area (Å²) in [5.74, 6) is 0.470. The third kappa shape index (κ3) is 1.89. The van der Waals surface area contributed by atoms with Crippen molar-refractivity contribution in [2.75, 3.05) is 0 Å². The zero-order valence-corrected chi connectivity index (χ0v) is 13.0. The first-order valence-corrected chi connectivity index (χ1v) is 7.90. The van der Waals surface area contributed by atoms with Crippen LogP contribution in [0.25, 0.3) is 22.5 Å². The molecule has 3 heteroatoms. The first-order valence-electron chi connectivity index (χ1n) is 7.90. The second-order valence-corrected chi connectivity index (χ2v) is 5.95. The van der Waals surface area contributed by atoms with Gasteiger partial charge in [-0.05, 0) is 30.4 Å². The Kier molecular flexibility index (Phi) is 3.07. The number of benzene rings is 2. The van der Waals surface area contributed by atoms with E-state index >= 15 is 0 Å². The molecular weight excluding hydrogens is 270 g/mol. The highest BCUT2D eigenvalue weighted by molar-refractivity contribution is 5.82. The molecule has 0 saturated heterocycles. The summed E-state index contributed by atoms with van der Waals surface area (Å²) in [4.78, 5) is 0. The molecule has 0 N–H and O–H groups in total. The van der Waals surface area contributed by atoms with E-state index in [0.717, 1.165) is 24.4 Å². The van der Waals surface area contributed by atoms with Crippen molar-refractivity contribution in [1.29, 1.82) is 0 Å². The normalized spacial score (nSPS) is 16.2. The zero-order chi connectivity index (χ0) is 15.1. The van der Waals surface area contributed by atoms with Crippen molar-refractivity contribution in [3.05, 3.63) is 59.7 Å². The first kappa shape index (κ1) is 13.3. The smallest absolute Gasteiger partial charge is 0.121 e. The number of hydrogen-bond acceptors (Lipinski definition) is 2. The SMILES string of the molecule is CCn1nnc2c1-c1ccccc1CC(C)c1ccccc1-2. The fraction of sp³-hybridized carbons (Fsp3) is 0.263. The lowest BCUT2D eigenvalue weighted by molar-refractivity contribution is 0.632. The van der Waals surface area contributed by atoms with Crippen molar-refractivity contribution < 1.29 is 0 Å². The molecule has 0 amide bonds. The Bertz CT molecular complexity index is 832. The summed E-state index contributed by atoms with van der Waals surface area (Å²) in [5, 5.41) is 8.91. The molecule has 1 atom stereocenters. The Morgan fingerprint density at radius 1 is 1.05 bits per heavy atom. The topological polar surface area (TPSA) is 30.7 Å². The lowest BCUT2D eigenvalue weighted by Gasteiger charge is -2.22. The van der Waals surface area contributed by atoms with Crippen molar-refractivity contribution in [2.24, 2.45) is 0 Å². The molecule has 0 saturated carbocycles. The quantitative estimate of drug-likeness (QED) is 0.669. The van der Waals surface area contributed by atoms with Gasteiger partial charge in [-0.1, -0.05) is 60.7 Å². The van der Waals surface area contributed by atoms with Crippen molar-refractivity contribution in [1.82, 2.24) is 15.0 Å². The van der Waals surface area contributed by atoms with Crippen LogP contribution in [0.1, 0.15) is 30.9 Å². The Morgan fingerprint density at radius 3 is 2.59 bits per heavy atom. The monoisotopic (exact) mass is 289 g/mol. The third-order valence-electron chi connectivity index (χ3n) is 4.58. The zero-order valence-electron chi connectivity index (χ0n) is 13.0. The van der Waals surface area contributed by atoms with Crippen LogP contribution in [-0.4, -0.2) is 15.0 Å². The van der Waals surface area contributed by atoms with Gasteiger partial charge in [-0.2, -0.15) is 0 Å². The molecule has 110 valence electrons. The van der Waals surface area contributed by atoms with Crippen molar-refractivity contribution >= 4 is 0 Å². The largest absolute Gasteiger partial charge is 0.244 e. The highest BCUT2D eigenvalue weighted by Crippen LogP contribution is 2.40. The van der Waals surface area contributed by atoms with E-state index in [-0.39, 0.29) is 0 Å². The maximum Gasteiger partial charge on any atom is 0.121 e. The van der Waals surface area contributed by atoms with E-state index in [1.54, 1.807) is 0 Å². The van der Waals surface area contributed by atoms with Crippen LogP contribution in [0.3, 0.4) is 0 Å². The van der Waals surface area contributed by atoms with Gasteiger partial charge in [0, 0.05) is 17.7 Å². The fourth-order valence-electron chi connectivity index (χ4n) is 3.49. The lowest BCUT2D eigenvalue weighted by atomic mass is 9.83. The summed E-state index contributed by atoms with van der Waals surface area (Å²) in [7, 11) is 0. The molecule has 1 aliphatic rings. The van der Waals surface area contributed by atoms with Gasteiger partial charge in [0.2, 0.25) is 0 Å². The summed E-state index contributed by atoms with van der Waals surface area (Å²) in [6, 6.07) is 17.3. The second kappa shape index (κ2) is 5.09. The van der Waals surface area contributed by atoms with Crippen LogP contribution in [0.4, 0.5) is 0 Å². The lowest BCUT2D eigenvalue weighted by Crippen LogP contribution is -2.08. The van der Waals surface area contributed by atoms with Crippen LogP contribution in [0.5, 0.6) is 0 Å². The van der Waals surface area contributed by atoms with Gasteiger partial charge in [0.15, 0.2) is 0 Å². The van der Waals surface area contributed by atoms with Crippen molar-refractivity contribution in [3.63, 3.8) is 0 Å². The molecule has 1 unspecified atom stereocenters. The molecule has 0 spiro atoms. The Morgan fingerprint density at radius 2 is 1.77 bits per heavy atom. The minimum Gasteiger partial charge on any atom is -0.244 e. The molecule has 1 heterocycles. The average Bonchev–Trinajstić information content (AvgIpc) is 2.97. The summed E-state index contributed by atoms with van der Waals surface area (Å²) in [5.41, 5.74) is 7.39. The van der Waals surface area contributed by atoms with Crippen LogP contribution in [0.15, 0.2) is 48.5 Å². The standard InChI is InChI=1S/C19H19N3/c1-3-22-19-16-10-5-4-8-14(16)12-13(2)15-9-6-7-11-17(15)18(19)20-21-22/h4-11,13H,3,12H2,1-2H3. The fourth-order valence-corrected chi connectivity index (χ4v) is 3.49. The number of fused-ring (bicyclic) bond motifs is 5. The van der Waals surface area contributed by atoms with E-state index in [1.807, 2.05) is 4.68 Å². The predicted molar refractivity (Wildman–Crippen MR) is 88.7 cm³/mol. The van der Waals surface area contributed by atoms with Gasteiger partial charge >= 0.3 is 0 Å². The number of aryl methyl sites for hydroxylation is 1. The molecule has 1 aliphatic carbocycles. The molecule has 0 bridgehead atoms. The molecule has 0 aliphatic heterocycles. The summed E-state index contributed by atoms with van der Waals surface area (Å²) in [6.07, 6.45) is 1.04. The van der Waals surface area contributed by atoms with E-state index in [9.17, 15) is 0 Å². The molecule has 3 aromatic rings. The van der Waals surface area contributed by atoms with Crippen LogP contribution in [0.2, 0.25) is 0 Å². The van der Waals surface area contributed by atoms with Crippen molar-refractivity contribution in [3.8, 4) is 22.5 Å². The predicted octanol–water partition coefficient (Wildman–Crippen LogP) is 4.29. The van der Waals surface area contributed by atoms with Crippen LogP contribution in [0, 0.1) is 0 Å². The third-order valence-corrected chi connectivity index (χ3v) is 4.58. The highest BCUT2D eigenvalue weighted by atomic mass is 15.4. The highest BCUT2D eigenvalue weighted by Gasteiger charge is 2.25. The number of rotatable bonds is 1. The van der Waals surface area contributed by atoms with Gasteiger partial charge in [-0.3, -0.25) is 0 Å². The minimum atomic E-state index is 0.470. The summed E-state index contributed by atoms with van der Waals surface area (Å²) >= 11 is 0. The van der Waals surface area contributed by atoms with Gasteiger partial charge in [0.05, 0.1) is 5.69 Å². The van der Waals surface area contributed by atoms with E-state index in [0.29, 0.717) is 5.92 Å². The maximum atomic E-state index is 4.52. The maximum absolute atomic E-state index is 4.52. The molecule has 1 aromatic heterocycles. The van der Waals surface area contributed by atoms with Crippen molar-refractivity contribution in [2.45, 2.75) is 32.7 Å². The molecule has 22 heavy (non-hydrogen) atoms. The number of nitrogens with zero attached hydrogens (tertiary/aromatic N) is 3.